The van der Waals surface area contributed by atoms with Gasteiger partial charge in [0.05, 0.1) is 6.54 Å². The first kappa shape index (κ1) is 14.5. The van der Waals surface area contributed by atoms with Crippen LogP contribution in [-0.4, -0.2) is 55.5 Å². The Bertz CT molecular complexity index is 243. The van der Waals surface area contributed by atoms with Gasteiger partial charge in [0.2, 0.25) is 5.91 Å². The Kier molecular flexibility index (Phi) is 5.92. The molecular formula is C13H27N3O. The van der Waals surface area contributed by atoms with Gasteiger partial charge in [-0.2, -0.15) is 0 Å². The number of amides is 1. The highest BCUT2D eigenvalue weighted by atomic mass is 16.2. The summed E-state index contributed by atoms with van der Waals surface area (Å²) >= 11 is 0. The van der Waals surface area contributed by atoms with Crippen molar-refractivity contribution in [3.05, 3.63) is 0 Å². The Morgan fingerprint density at radius 3 is 2.47 bits per heavy atom. The molecule has 1 saturated carbocycles. The van der Waals surface area contributed by atoms with Crippen LogP contribution in [0.4, 0.5) is 0 Å². The van der Waals surface area contributed by atoms with Crippen molar-refractivity contribution >= 4 is 5.91 Å². The highest BCUT2D eigenvalue weighted by Gasteiger charge is 2.31. The summed E-state index contributed by atoms with van der Waals surface area (Å²) in [6.45, 7) is 4.07. The van der Waals surface area contributed by atoms with Gasteiger partial charge < -0.3 is 15.5 Å². The minimum Gasteiger partial charge on any atom is -0.339 e. The predicted molar refractivity (Wildman–Crippen MR) is 70.7 cm³/mol. The molecule has 1 aliphatic rings. The lowest BCUT2D eigenvalue weighted by molar-refractivity contribution is -0.135. The van der Waals surface area contributed by atoms with Crippen molar-refractivity contribution in [1.82, 2.24) is 9.80 Å². The lowest BCUT2D eigenvalue weighted by Gasteiger charge is -2.39. The van der Waals surface area contributed by atoms with E-state index in [1.54, 1.807) is 0 Å². The molecule has 0 aromatic carbocycles. The van der Waals surface area contributed by atoms with Gasteiger partial charge in [0, 0.05) is 12.6 Å². The fourth-order valence-electron chi connectivity index (χ4n) is 2.83. The van der Waals surface area contributed by atoms with Gasteiger partial charge in [-0.3, -0.25) is 4.79 Å². The van der Waals surface area contributed by atoms with Crippen molar-refractivity contribution < 1.29 is 4.79 Å². The van der Waals surface area contributed by atoms with E-state index in [4.69, 9.17) is 5.73 Å². The van der Waals surface area contributed by atoms with Gasteiger partial charge in [0.15, 0.2) is 0 Å². The number of carbonyl (C=O) groups is 1. The molecule has 1 fully saturated rings. The minimum absolute atomic E-state index is 0.239. The van der Waals surface area contributed by atoms with Crippen LogP contribution < -0.4 is 5.73 Å². The predicted octanol–water partition coefficient (Wildman–Crippen LogP) is 0.914. The van der Waals surface area contributed by atoms with Crippen molar-refractivity contribution in [3.63, 3.8) is 0 Å². The van der Waals surface area contributed by atoms with Gasteiger partial charge in [-0.25, -0.2) is 0 Å². The summed E-state index contributed by atoms with van der Waals surface area (Å²) in [6, 6.07) is 0.367. The molecule has 0 aromatic heterocycles. The first-order valence-electron chi connectivity index (χ1n) is 6.74. The summed E-state index contributed by atoms with van der Waals surface area (Å²) in [5.41, 5.74) is 5.84. The molecule has 2 atom stereocenters. The molecule has 0 aromatic rings. The average molecular weight is 241 g/mol. The van der Waals surface area contributed by atoms with Crippen LogP contribution in [0, 0.1) is 5.92 Å². The van der Waals surface area contributed by atoms with Crippen LogP contribution in [0.25, 0.3) is 0 Å². The van der Waals surface area contributed by atoms with Crippen LogP contribution in [0.1, 0.15) is 32.6 Å². The highest BCUT2D eigenvalue weighted by Crippen LogP contribution is 2.27. The second-order valence-electron chi connectivity index (χ2n) is 5.27. The molecule has 1 rings (SSSR count). The molecule has 100 valence electrons. The number of nitrogens with zero attached hydrogens (tertiary/aromatic N) is 2. The molecule has 4 heteroatoms. The molecular weight excluding hydrogens is 214 g/mol. The minimum atomic E-state index is 0.239. The van der Waals surface area contributed by atoms with Crippen LogP contribution in [-0.2, 0) is 4.79 Å². The third-order valence-corrected chi connectivity index (χ3v) is 3.68. The second-order valence-corrected chi connectivity index (χ2v) is 5.27. The first-order valence-corrected chi connectivity index (χ1v) is 6.74. The third-order valence-electron chi connectivity index (χ3n) is 3.68. The van der Waals surface area contributed by atoms with Crippen LogP contribution >= 0.6 is 0 Å². The van der Waals surface area contributed by atoms with E-state index in [2.05, 4.69) is 6.92 Å². The molecule has 0 heterocycles. The van der Waals surface area contributed by atoms with Gasteiger partial charge in [-0.15, -0.1) is 0 Å². The van der Waals surface area contributed by atoms with Crippen molar-refractivity contribution in [2.75, 3.05) is 33.7 Å². The van der Waals surface area contributed by atoms with Gasteiger partial charge in [-0.1, -0.05) is 12.8 Å². The molecule has 0 saturated heterocycles. The quantitative estimate of drug-likeness (QED) is 0.778. The van der Waals surface area contributed by atoms with E-state index in [0.29, 0.717) is 25.0 Å². The van der Waals surface area contributed by atoms with E-state index >= 15 is 0 Å². The SMILES string of the molecule is CCN(C(=O)CN(C)C)C1CCCCC1CN. The van der Waals surface area contributed by atoms with Crippen molar-refractivity contribution in [2.24, 2.45) is 11.7 Å². The van der Waals surface area contributed by atoms with Crippen molar-refractivity contribution in [2.45, 2.75) is 38.6 Å². The normalized spacial score (nSPS) is 25.0. The highest BCUT2D eigenvalue weighted by molar-refractivity contribution is 5.78. The maximum atomic E-state index is 12.2. The van der Waals surface area contributed by atoms with E-state index in [9.17, 15) is 4.79 Å². The topological polar surface area (TPSA) is 49.6 Å². The summed E-state index contributed by atoms with van der Waals surface area (Å²) in [4.78, 5) is 16.2. The first-order chi connectivity index (χ1) is 8.10. The van der Waals surface area contributed by atoms with E-state index in [1.165, 1.54) is 19.3 Å². The summed E-state index contributed by atoms with van der Waals surface area (Å²) < 4.78 is 0. The molecule has 1 amide bonds. The van der Waals surface area contributed by atoms with Crippen LogP contribution in [0.15, 0.2) is 0 Å². The molecule has 2 unspecified atom stereocenters. The fourth-order valence-corrected chi connectivity index (χ4v) is 2.83. The Balaban J connectivity index is 2.66. The summed E-state index contributed by atoms with van der Waals surface area (Å²) in [5.74, 6) is 0.734. The number of hydrogen-bond acceptors (Lipinski definition) is 3. The van der Waals surface area contributed by atoms with Crippen LogP contribution in [0.3, 0.4) is 0 Å². The lowest BCUT2D eigenvalue weighted by Crippen LogP contribution is -2.50. The molecule has 0 spiro atoms. The zero-order chi connectivity index (χ0) is 12.8. The monoisotopic (exact) mass is 241 g/mol. The van der Waals surface area contributed by atoms with Gasteiger partial charge in [-0.05, 0) is 46.3 Å². The van der Waals surface area contributed by atoms with E-state index in [-0.39, 0.29) is 5.91 Å². The van der Waals surface area contributed by atoms with E-state index in [1.807, 2.05) is 23.9 Å². The number of hydrogen-bond donors (Lipinski definition) is 1. The lowest BCUT2D eigenvalue weighted by atomic mass is 9.83. The fraction of sp³-hybridized carbons (Fsp3) is 0.923. The zero-order valence-corrected chi connectivity index (χ0v) is 11.5. The van der Waals surface area contributed by atoms with Gasteiger partial charge in [0.1, 0.15) is 0 Å². The number of rotatable bonds is 5. The van der Waals surface area contributed by atoms with Crippen LogP contribution in [0.2, 0.25) is 0 Å². The average Bonchev–Trinajstić information content (AvgIpc) is 2.29. The van der Waals surface area contributed by atoms with Crippen molar-refractivity contribution in [3.8, 4) is 0 Å². The van der Waals surface area contributed by atoms with E-state index < -0.39 is 0 Å². The third kappa shape index (κ3) is 3.96. The maximum Gasteiger partial charge on any atom is 0.236 e. The zero-order valence-electron chi connectivity index (χ0n) is 11.5. The Morgan fingerprint density at radius 1 is 1.29 bits per heavy atom. The summed E-state index contributed by atoms with van der Waals surface area (Å²) in [6.07, 6.45) is 4.78. The number of likely N-dealkylation sites (N-methyl/N-ethyl adjacent to an activating group) is 2. The molecule has 17 heavy (non-hydrogen) atoms. The van der Waals surface area contributed by atoms with Crippen LogP contribution in [0.5, 0.6) is 0 Å². The standard InChI is InChI=1S/C13H27N3O/c1-4-16(13(17)10-15(2)3)12-8-6-5-7-11(12)9-14/h11-12H,4-10,14H2,1-3H3. The van der Waals surface area contributed by atoms with Gasteiger partial charge in [0.25, 0.3) is 0 Å². The summed E-state index contributed by atoms with van der Waals surface area (Å²) in [5, 5.41) is 0. The van der Waals surface area contributed by atoms with Gasteiger partial charge >= 0.3 is 0 Å². The number of carbonyl (C=O) groups excluding carboxylic acids is 1. The smallest absolute Gasteiger partial charge is 0.236 e. The summed E-state index contributed by atoms with van der Waals surface area (Å²) in [7, 11) is 3.88. The Morgan fingerprint density at radius 2 is 1.94 bits per heavy atom. The number of nitrogens with two attached hydrogens (primary N) is 1. The maximum absolute atomic E-state index is 12.2. The Hall–Kier alpha value is -0.610. The molecule has 2 N–H and O–H groups in total. The molecule has 1 aliphatic carbocycles. The van der Waals surface area contributed by atoms with Crippen molar-refractivity contribution in [1.29, 1.82) is 0 Å². The second kappa shape index (κ2) is 6.97. The Labute approximate surface area is 105 Å². The molecule has 0 radical (unpaired) electrons. The van der Waals surface area contributed by atoms with E-state index in [0.717, 1.165) is 13.0 Å². The largest absolute Gasteiger partial charge is 0.339 e. The molecule has 0 bridgehead atoms. The molecule has 0 aliphatic heterocycles. The molecule has 4 nitrogen and oxygen atoms in total.